The average molecular weight is 332 g/mol. The zero-order valence-electron chi connectivity index (χ0n) is 15.7. The second-order valence-electron chi connectivity index (χ2n) is 8.80. The Morgan fingerprint density at radius 2 is 2.08 bits per heavy atom. The lowest BCUT2D eigenvalue weighted by Crippen LogP contribution is -2.53. The Labute approximate surface area is 146 Å². The Balaban J connectivity index is 1.88. The normalized spacial score (nSPS) is 47.7. The van der Waals surface area contributed by atoms with Crippen LogP contribution < -0.4 is 0 Å². The van der Waals surface area contributed by atoms with E-state index in [0.717, 1.165) is 38.5 Å². The maximum absolute atomic E-state index is 12.6. The lowest BCUT2D eigenvalue weighted by Gasteiger charge is -2.57. The number of fused-ring (bicyclic) bond motifs is 1. The van der Waals surface area contributed by atoms with Crippen LogP contribution in [0.3, 0.4) is 0 Å². The molecule has 3 aliphatic rings. The van der Waals surface area contributed by atoms with Crippen LogP contribution in [-0.2, 0) is 14.3 Å². The first-order valence-corrected chi connectivity index (χ1v) is 9.29. The summed E-state index contributed by atoms with van der Waals surface area (Å²) >= 11 is 0. The van der Waals surface area contributed by atoms with Crippen LogP contribution in [0.4, 0.5) is 0 Å². The molecule has 3 heteroatoms. The molecule has 3 nitrogen and oxygen atoms in total. The zero-order chi connectivity index (χ0) is 17.8. The van der Waals surface area contributed by atoms with E-state index in [1.807, 2.05) is 6.08 Å². The molecule has 24 heavy (non-hydrogen) atoms. The molecule has 3 fully saturated rings. The summed E-state index contributed by atoms with van der Waals surface area (Å²) in [4.78, 5) is 12.6. The van der Waals surface area contributed by atoms with Gasteiger partial charge < -0.3 is 9.47 Å². The van der Waals surface area contributed by atoms with Gasteiger partial charge in [0.25, 0.3) is 0 Å². The molecule has 0 radical (unpaired) electrons. The van der Waals surface area contributed by atoms with E-state index in [-0.39, 0.29) is 28.5 Å². The molecule has 6 atom stereocenters. The maximum Gasteiger partial charge on any atom is 0.311 e. The van der Waals surface area contributed by atoms with Crippen LogP contribution in [0.5, 0.6) is 0 Å². The number of hydrogen-bond acceptors (Lipinski definition) is 3. The molecule has 0 unspecified atom stereocenters. The van der Waals surface area contributed by atoms with Gasteiger partial charge in [0.2, 0.25) is 0 Å². The Kier molecular flexibility index (Phi) is 4.23. The predicted octanol–water partition coefficient (Wildman–Crippen LogP) is 4.67. The van der Waals surface area contributed by atoms with E-state index in [0.29, 0.717) is 11.8 Å². The lowest BCUT2D eigenvalue weighted by molar-refractivity contribution is -0.168. The van der Waals surface area contributed by atoms with Gasteiger partial charge in [-0.1, -0.05) is 31.6 Å². The molecule has 0 N–H and O–H groups in total. The highest BCUT2D eigenvalue weighted by Crippen LogP contribution is 2.63. The molecule has 0 aromatic heterocycles. The van der Waals surface area contributed by atoms with Crippen molar-refractivity contribution in [2.75, 3.05) is 7.11 Å². The summed E-state index contributed by atoms with van der Waals surface area (Å²) in [6.45, 7) is 14.9. The Morgan fingerprint density at radius 3 is 2.67 bits per heavy atom. The number of allylic oxidation sites excluding steroid dienone is 1. The molecule has 3 rings (SSSR count). The largest absolute Gasteiger partial charge is 0.469 e. The molecule has 1 heterocycles. The molecule has 1 aliphatic heterocycles. The maximum atomic E-state index is 12.6. The summed E-state index contributed by atoms with van der Waals surface area (Å²) < 4.78 is 11.1. The SMILES string of the molecule is C=C[C@@]1(C)O[C@H]1C[C@H]1C(=C)CC[C@@H]2[C@]1(C)CCC[C@]2(C)C(=O)OC. The number of rotatable bonds is 4. The number of carbonyl (C=O) groups is 1. The highest BCUT2D eigenvalue weighted by atomic mass is 16.6. The van der Waals surface area contributed by atoms with E-state index < -0.39 is 0 Å². The summed E-state index contributed by atoms with van der Waals surface area (Å²) in [5, 5.41) is 0. The molecule has 2 saturated carbocycles. The third kappa shape index (κ3) is 2.47. The van der Waals surface area contributed by atoms with Gasteiger partial charge in [-0.3, -0.25) is 4.79 Å². The van der Waals surface area contributed by atoms with E-state index >= 15 is 0 Å². The number of esters is 1. The lowest BCUT2D eigenvalue weighted by atomic mass is 9.46. The van der Waals surface area contributed by atoms with Crippen LogP contribution in [0, 0.1) is 22.7 Å². The third-order valence-corrected chi connectivity index (χ3v) is 7.50. The number of hydrogen-bond donors (Lipinski definition) is 0. The van der Waals surface area contributed by atoms with Crippen molar-refractivity contribution >= 4 is 5.97 Å². The number of methoxy groups -OCH3 is 1. The van der Waals surface area contributed by atoms with E-state index in [4.69, 9.17) is 9.47 Å². The van der Waals surface area contributed by atoms with Crippen LogP contribution in [-0.4, -0.2) is 24.8 Å². The number of ether oxygens (including phenoxy) is 2. The van der Waals surface area contributed by atoms with E-state index in [9.17, 15) is 4.79 Å². The van der Waals surface area contributed by atoms with Gasteiger partial charge in [-0.25, -0.2) is 0 Å². The van der Waals surface area contributed by atoms with Gasteiger partial charge in [0.15, 0.2) is 0 Å². The second kappa shape index (κ2) is 5.72. The molecule has 1 saturated heterocycles. The summed E-state index contributed by atoms with van der Waals surface area (Å²) in [5.74, 6) is 0.728. The Morgan fingerprint density at radius 1 is 1.38 bits per heavy atom. The van der Waals surface area contributed by atoms with Gasteiger partial charge >= 0.3 is 5.97 Å². The molecule has 0 amide bonds. The molecule has 134 valence electrons. The monoisotopic (exact) mass is 332 g/mol. The molecule has 0 spiro atoms. The summed E-state index contributed by atoms with van der Waals surface area (Å²) in [5.41, 5.74) is 0.895. The first-order chi connectivity index (χ1) is 11.2. The van der Waals surface area contributed by atoms with Gasteiger partial charge in [-0.15, -0.1) is 6.58 Å². The van der Waals surface area contributed by atoms with Crippen molar-refractivity contribution in [2.24, 2.45) is 22.7 Å². The predicted molar refractivity (Wildman–Crippen MR) is 95.5 cm³/mol. The molecule has 0 aromatic carbocycles. The second-order valence-corrected chi connectivity index (χ2v) is 8.80. The molecular weight excluding hydrogens is 300 g/mol. The minimum atomic E-state index is -0.368. The molecular formula is C21H32O3. The third-order valence-electron chi connectivity index (χ3n) is 7.50. The van der Waals surface area contributed by atoms with E-state index in [1.165, 1.54) is 12.7 Å². The fraction of sp³-hybridized carbons (Fsp3) is 0.762. The van der Waals surface area contributed by atoms with Crippen molar-refractivity contribution in [2.45, 2.75) is 71.0 Å². The summed E-state index contributed by atoms with van der Waals surface area (Å²) in [6, 6.07) is 0. The Bertz CT molecular complexity index is 567. The van der Waals surface area contributed by atoms with Crippen molar-refractivity contribution < 1.29 is 14.3 Å². The van der Waals surface area contributed by atoms with Crippen LogP contribution >= 0.6 is 0 Å². The minimum absolute atomic E-state index is 0.0386. The summed E-state index contributed by atoms with van der Waals surface area (Å²) in [7, 11) is 1.52. The smallest absolute Gasteiger partial charge is 0.311 e. The van der Waals surface area contributed by atoms with E-state index in [2.05, 4.69) is 33.9 Å². The average Bonchev–Trinajstić information content (AvgIpc) is 3.20. The van der Waals surface area contributed by atoms with Crippen molar-refractivity contribution in [1.29, 1.82) is 0 Å². The van der Waals surface area contributed by atoms with Crippen molar-refractivity contribution in [1.82, 2.24) is 0 Å². The topological polar surface area (TPSA) is 38.8 Å². The number of carbonyl (C=O) groups excluding carboxylic acids is 1. The van der Waals surface area contributed by atoms with Gasteiger partial charge in [0.05, 0.1) is 18.6 Å². The standard InChI is InChI=1S/C21H32O3/c1-7-21(5)17(24-21)13-15-14(2)9-10-16-19(15,3)11-8-12-20(16,4)18(22)23-6/h7,15-17H,1-2,8-13H2,3-6H3/t15-,16+,17-,19+,20-,21+/m0/s1. The highest BCUT2D eigenvalue weighted by molar-refractivity contribution is 5.77. The highest BCUT2D eigenvalue weighted by Gasteiger charge is 2.60. The molecule has 0 aromatic rings. The first kappa shape index (κ1) is 17.7. The Hall–Kier alpha value is -1.09. The number of epoxide rings is 1. The van der Waals surface area contributed by atoms with Crippen LogP contribution in [0.15, 0.2) is 24.8 Å². The van der Waals surface area contributed by atoms with Crippen LogP contribution in [0.2, 0.25) is 0 Å². The van der Waals surface area contributed by atoms with Gasteiger partial charge in [-0.05, 0) is 63.2 Å². The fourth-order valence-corrected chi connectivity index (χ4v) is 5.81. The van der Waals surface area contributed by atoms with Gasteiger partial charge in [-0.2, -0.15) is 0 Å². The molecule has 0 bridgehead atoms. The minimum Gasteiger partial charge on any atom is -0.469 e. The van der Waals surface area contributed by atoms with Crippen molar-refractivity contribution in [3.63, 3.8) is 0 Å². The fourth-order valence-electron chi connectivity index (χ4n) is 5.81. The summed E-state index contributed by atoms with van der Waals surface area (Å²) in [6.07, 6.45) is 8.37. The van der Waals surface area contributed by atoms with Crippen LogP contribution in [0.1, 0.15) is 59.3 Å². The van der Waals surface area contributed by atoms with E-state index in [1.54, 1.807) is 0 Å². The zero-order valence-corrected chi connectivity index (χ0v) is 15.7. The van der Waals surface area contributed by atoms with Crippen LogP contribution in [0.25, 0.3) is 0 Å². The van der Waals surface area contributed by atoms with Crippen molar-refractivity contribution in [3.05, 3.63) is 24.8 Å². The molecule has 2 aliphatic carbocycles. The van der Waals surface area contributed by atoms with Gasteiger partial charge in [0.1, 0.15) is 5.60 Å². The van der Waals surface area contributed by atoms with Crippen molar-refractivity contribution in [3.8, 4) is 0 Å². The van der Waals surface area contributed by atoms with Gasteiger partial charge in [0, 0.05) is 0 Å². The first-order valence-electron chi connectivity index (χ1n) is 9.29. The quantitative estimate of drug-likeness (QED) is 0.426.